The van der Waals surface area contributed by atoms with Crippen LogP contribution in [-0.2, 0) is 11.0 Å². The van der Waals surface area contributed by atoms with Gasteiger partial charge < -0.3 is 9.61 Å². The van der Waals surface area contributed by atoms with Crippen LogP contribution in [0.15, 0.2) is 53.0 Å². The lowest BCUT2D eigenvalue weighted by molar-refractivity contribution is 0.493. The van der Waals surface area contributed by atoms with Gasteiger partial charge in [-0.1, -0.05) is 31.2 Å². The number of nitrogens with one attached hydrogen (secondary N) is 1. The molecule has 0 aliphatic rings. The molecular weight excluding hydrogens is 337 g/mol. The van der Waals surface area contributed by atoms with Crippen LogP contribution in [0.5, 0.6) is 5.75 Å². The van der Waals surface area contributed by atoms with Crippen LogP contribution in [-0.4, -0.2) is 6.66 Å². The Bertz CT molecular complexity index is 628. The summed E-state index contributed by atoms with van der Waals surface area (Å²) in [6.07, 6.45) is 0.972. The summed E-state index contributed by atoms with van der Waals surface area (Å²) in [4.78, 5) is 0. The highest BCUT2D eigenvalue weighted by Gasteiger charge is 2.18. The first-order chi connectivity index (χ1) is 9.50. The molecule has 1 unspecified atom stereocenters. The predicted molar refractivity (Wildman–Crippen MR) is 87.7 cm³/mol. The van der Waals surface area contributed by atoms with Crippen molar-refractivity contribution in [3.05, 3.63) is 58.6 Å². The average Bonchev–Trinajstić information content (AvgIpc) is 2.41. The summed E-state index contributed by atoms with van der Waals surface area (Å²) in [5.74, 6) is 0.604. The molecular formula is C15H17BrNO2P. The molecule has 0 spiro atoms. The van der Waals surface area contributed by atoms with Crippen molar-refractivity contribution in [3.8, 4) is 5.75 Å². The van der Waals surface area contributed by atoms with E-state index in [1.165, 1.54) is 5.56 Å². The van der Waals surface area contributed by atoms with Crippen molar-refractivity contribution in [1.82, 2.24) is 0 Å². The topological polar surface area (TPSA) is 38.3 Å². The maximum Gasteiger partial charge on any atom is 0.338 e. The van der Waals surface area contributed by atoms with E-state index in [1.807, 2.05) is 48.5 Å². The molecule has 1 N–H and O–H groups in total. The number of para-hydroxylation sites is 1. The van der Waals surface area contributed by atoms with Crippen LogP contribution in [0.1, 0.15) is 12.5 Å². The Kier molecular flexibility index (Phi) is 4.90. The first-order valence-corrected chi connectivity index (χ1v) is 9.25. The zero-order chi connectivity index (χ0) is 14.6. The average molecular weight is 354 g/mol. The molecule has 3 nitrogen and oxygen atoms in total. The van der Waals surface area contributed by atoms with Crippen molar-refractivity contribution in [1.29, 1.82) is 0 Å². The highest BCUT2D eigenvalue weighted by atomic mass is 79.9. The molecule has 0 amide bonds. The molecule has 0 bridgehead atoms. The summed E-state index contributed by atoms with van der Waals surface area (Å²) in [5.41, 5.74) is 1.98. The molecule has 0 fully saturated rings. The number of hydrogen-bond donors (Lipinski definition) is 1. The lowest BCUT2D eigenvalue weighted by Crippen LogP contribution is -2.02. The van der Waals surface area contributed by atoms with Gasteiger partial charge in [-0.2, -0.15) is 0 Å². The Hall–Kier alpha value is -1.25. The van der Waals surface area contributed by atoms with E-state index in [-0.39, 0.29) is 0 Å². The standard InChI is InChI=1S/C15H17BrNO2P/c1-3-12-8-10-13(11-9-12)19-20(2,18)17-15-7-5-4-6-14(15)16/h4-11H,3H2,1-2H3,(H,17,18). The highest BCUT2D eigenvalue weighted by Crippen LogP contribution is 2.44. The van der Waals surface area contributed by atoms with Gasteiger partial charge in [-0.05, 0) is 52.2 Å². The maximum absolute atomic E-state index is 12.5. The Morgan fingerprint density at radius 3 is 2.40 bits per heavy atom. The van der Waals surface area contributed by atoms with Gasteiger partial charge in [0, 0.05) is 11.1 Å². The minimum absolute atomic E-state index is 0.604. The van der Waals surface area contributed by atoms with Gasteiger partial charge in [-0.15, -0.1) is 0 Å². The first-order valence-electron chi connectivity index (χ1n) is 6.39. The second kappa shape index (κ2) is 6.47. The molecule has 1 atom stereocenters. The van der Waals surface area contributed by atoms with Crippen LogP contribution in [0, 0.1) is 0 Å². The van der Waals surface area contributed by atoms with Crippen LogP contribution in [0.3, 0.4) is 0 Å². The number of anilines is 1. The summed E-state index contributed by atoms with van der Waals surface area (Å²) in [7, 11) is -2.97. The van der Waals surface area contributed by atoms with Crippen LogP contribution in [0.25, 0.3) is 0 Å². The lowest BCUT2D eigenvalue weighted by atomic mass is 10.2. The second-order valence-electron chi connectivity index (χ2n) is 4.53. The Balaban J connectivity index is 2.10. The van der Waals surface area contributed by atoms with Gasteiger partial charge in [0.15, 0.2) is 0 Å². The van der Waals surface area contributed by atoms with Gasteiger partial charge in [0.05, 0.1) is 5.69 Å². The van der Waals surface area contributed by atoms with Gasteiger partial charge in [0.1, 0.15) is 5.75 Å². The molecule has 2 rings (SSSR count). The summed E-state index contributed by atoms with van der Waals surface area (Å²) in [5, 5.41) is 2.95. The smallest absolute Gasteiger partial charge is 0.338 e. The molecule has 0 radical (unpaired) electrons. The Morgan fingerprint density at radius 1 is 1.15 bits per heavy atom. The fraction of sp³-hybridized carbons (Fsp3) is 0.200. The minimum atomic E-state index is -2.97. The monoisotopic (exact) mass is 353 g/mol. The van der Waals surface area contributed by atoms with E-state index in [4.69, 9.17) is 4.52 Å². The largest absolute Gasteiger partial charge is 0.429 e. The molecule has 5 heteroatoms. The summed E-state index contributed by atoms with van der Waals surface area (Å²) < 4.78 is 18.9. The van der Waals surface area contributed by atoms with Crippen LogP contribution in [0.4, 0.5) is 5.69 Å². The lowest BCUT2D eigenvalue weighted by Gasteiger charge is -2.18. The van der Waals surface area contributed by atoms with Crippen molar-refractivity contribution >= 4 is 29.1 Å². The number of benzene rings is 2. The molecule has 0 heterocycles. The molecule has 2 aromatic carbocycles. The number of halogens is 1. The summed E-state index contributed by atoms with van der Waals surface area (Å²) in [6.45, 7) is 3.66. The van der Waals surface area contributed by atoms with E-state index in [0.29, 0.717) is 5.75 Å². The SMILES string of the molecule is CCc1ccc(OP(C)(=O)Nc2ccccc2Br)cc1. The molecule has 20 heavy (non-hydrogen) atoms. The van der Waals surface area contributed by atoms with E-state index in [2.05, 4.69) is 27.9 Å². The third-order valence-electron chi connectivity index (χ3n) is 2.81. The van der Waals surface area contributed by atoms with E-state index in [1.54, 1.807) is 6.66 Å². The highest BCUT2D eigenvalue weighted by molar-refractivity contribution is 9.10. The van der Waals surface area contributed by atoms with Gasteiger partial charge in [0.2, 0.25) is 0 Å². The Labute approximate surface area is 128 Å². The molecule has 0 aliphatic carbocycles. The normalized spacial score (nSPS) is 13.6. The fourth-order valence-corrected chi connectivity index (χ4v) is 3.52. The van der Waals surface area contributed by atoms with Gasteiger partial charge in [-0.25, -0.2) is 0 Å². The molecule has 0 saturated heterocycles. The van der Waals surface area contributed by atoms with Crippen molar-refractivity contribution in [2.24, 2.45) is 0 Å². The molecule has 0 aliphatic heterocycles. The van der Waals surface area contributed by atoms with Crippen LogP contribution >= 0.6 is 23.4 Å². The third-order valence-corrected chi connectivity index (χ3v) is 4.71. The maximum atomic E-state index is 12.5. The third kappa shape index (κ3) is 4.12. The van der Waals surface area contributed by atoms with Crippen molar-refractivity contribution < 1.29 is 9.09 Å². The van der Waals surface area contributed by atoms with Crippen molar-refractivity contribution in [2.75, 3.05) is 11.8 Å². The van der Waals surface area contributed by atoms with E-state index >= 15 is 0 Å². The van der Waals surface area contributed by atoms with Crippen LogP contribution in [0.2, 0.25) is 0 Å². The number of hydrogen-bond acceptors (Lipinski definition) is 2. The number of rotatable bonds is 5. The van der Waals surface area contributed by atoms with E-state index in [9.17, 15) is 4.57 Å². The molecule has 0 saturated carbocycles. The van der Waals surface area contributed by atoms with E-state index in [0.717, 1.165) is 16.6 Å². The molecule has 106 valence electrons. The quantitative estimate of drug-likeness (QED) is 0.738. The van der Waals surface area contributed by atoms with Gasteiger partial charge in [0.25, 0.3) is 0 Å². The zero-order valence-corrected chi connectivity index (χ0v) is 13.9. The summed E-state index contributed by atoms with van der Waals surface area (Å²) >= 11 is 3.41. The summed E-state index contributed by atoms with van der Waals surface area (Å²) in [6, 6.07) is 15.2. The molecule has 0 aromatic heterocycles. The fourth-order valence-electron chi connectivity index (χ4n) is 1.78. The molecule has 2 aromatic rings. The van der Waals surface area contributed by atoms with Crippen LogP contribution < -0.4 is 9.61 Å². The first kappa shape index (κ1) is 15.1. The predicted octanol–water partition coefficient (Wildman–Crippen LogP) is 5.33. The van der Waals surface area contributed by atoms with Gasteiger partial charge >= 0.3 is 7.52 Å². The number of aryl methyl sites for hydroxylation is 1. The van der Waals surface area contributed by atoms with E-state index < -0.39 is 7.52 Å². The minimum Gasteiger partial charge on any atom is -0.429 e. The second-order valence-corrected chi connectivity index (χ2v) is 7.48. The van der Waals surface area contributed by atoms with Crippen molar-refractivity contribution in [3.63, 3.8) is 0 Å². The van der Waals surface area contributed by atoms with Crippen molar-refractivity contribution in [2.45, 2.75) is 13.3 Å². The zero-order valence-electron chi connectivity index (χ0n) is 11.5. The Morgan fingerprint density at radius 2 is 1.80 bits per heavy atom. The van der Waals surface area contributed by atoms with Gasteiger partial charge in [-0.3, -0.25) is 4.57 Å².